The van der Waals surface area contributed by atoms with E-state index >= 15 is 0 Å². The standard InChI is InChI=1S/C35H48N2O6/c1-20-22-8-9-26-33(4,23(22)17-25(39)28(20)40)13-15-35(6)27-18-32(3,12-10-31(27,2)11-14-34(26,35)5)36-30(42)37-19-21(38)16-24(37)29(41)43-7/h8-9,17,21,24,27,38,40H,10-16,18-19H2,1-7H3,(H,36,42)/t21-,24+,27-,31-,32-,33+,34-,35+/m1/s1. The number of β-amino-alcohol motifs (C(OH)–C–C–N with tert-alkyl or cyclic N) is 1. The zero-order chi connectivity index (χ0) is 31.3. The van der Waals surface area contributed by atoms with Crippen LogP contribution in [0.2, 0.25) is 0 Å². The quantitative estimate of drug-likeness (QED) is 0.355. The molecule has 2 amide bonds. The maximum Gasteiger partial charge on any atom is 0.328 e. The van der Waals surface area contributed by atoms with E-state index in [1.165, 1.54) is 17.6 Å². The molecule has 4 fully saturated rings. The molecule has 0 spiro atoms. The average Bonchev–Trinajstić information content (AvgIpc) is 3.36. The number of esters is 1. The van der Waals surface area contributed by atoms with Crippen molar-refractivity contribution in [1.82, 2.24) is 10.2 Å². The highest BCUT2D eigenvalue weighted by molar-refractivity contribution is 6.06. The van der Waals surface area contributed by atoms with Gasteiger partial charge in [-0.15, -0.1) is 0 Å². The van der Waals surface area contributed by atoms with Crippen LogP contribution in [0.15, 0.2) is 46.3 Å². The van der Waals surface area contributed by atoms with Gasteiger partial charge in [-0.1, -0.05) is 45.4 Å². The molecule has 0 radical (unpaired) electrons. The number of ketones is 1. The first-order chi connectivity index (χ1) is 20.0. The number of aliphatic hydroxyl groups is 2. The molecule has 3 N–H and O–H groups in total. The Morgan fingerprint density at radius 2 is 1.72 bits per heavy atom. The Bertz CT molecular complexity index is 1420. The number of carbonyl (C=O) groups excluding carboxylic acids is 3. The van der Waals surface area contributed by atoms with Crippen molar-refractivity contribution in [2.75, 3.05) is 13.7 Å². The van der Waals surface area contributed by atoms with E-state index in [-0.39, 0.29) is 52.2 Å². The topological polar surface area (TPSA) is 116 Å². The number of ether oxygens (including phenoxy) is 1. The van der Waals surface area contributed by atoms with E-state index in [1.807, 2.05) is 6.92 Å². The summed E-state index contributed by atoms with van der Waals surface area (Å²) in [6, 6.07) is -1.09. The van der Waals surface area contributed by atoms with Crippen LogP contribution >= 0.6 is 0 Å². The van der Waals surface area contributed by atoms with Gasteiger partial charge in [0, 0.05) is 29.5 Å². The molecule has 1 heterocycles. The van der Waals surface area contributed by atoms with E-state index in [0.717, 1.165) is 56.1 Å². The largest absolute Gasteiger partial charge is 0.504 e. The molecular formula is C35H48N2O6. The summed E-state index contributed by atoms with van der Waals surface area (Å²) in [5, 5.41) is 24.0. The lowest BCUT2D eigenvalue weighted by molar-refractivity contribution is -0.153. The number of likely N-dealkylation sites (tertiary alicyclic amines) is 1. The number of rotatable bonds is 2. The minimum atomic E-state index is -0.776. The predicted octanol–water partition coefficient (Wildman–Crippen LogP) is 5.68. The molecule has 6 aliphatic rings. The molecule has 0 unspecified atom stereocenters. The lowest BCUT2D eigenvalue weighted by Gasteiger charge is -2.70. The first kappa shape index (κ1) is 30.2. The van der Waals surface area contributed by atoms with E-state index < -0.39 is 23.7 Å². The first-order valence-electron chi connectivity index (χ1n) is 16.0. The minimum absolute atomic E-state index is 0.0340. The van der Waals surface area contributed by atoms with Crippen molar-refractivity contribution < 1.29 is 29.3 Å². The van der Waals surface area contributed by atoms with Gasteiger partial charge in [0.15, 0.2) is 5.76 Å². The predicted molar refractivity (Wildman–Crippen MR) is 163 cm³/mol. The maximum atomic E-state index is 13.6. The fraction of sp³-hybridized carbons (Fsp3) is 0.686. The number of amides is 2. The number of aliphatic hydroxyl groups excluding tert-OH is 2. The van der Waals surface area contributed by atoms with Crippen molar-refractivity contribution in [3.8, 4) is 0 Å². The van der Waals surface area contributed by atoms with E-state index in [0.29, 0.717) is 11.5 Å². The molecule has 8 nitrogen and oxygen atoms in total. The van der Waals surface area contributed by atoms with E-state index in [1.54, 1.807) is 6.08 Å². The molecule has 0 aromatic carbocycles. The van der Waals surface area contributed by atoms with Crippen LogP contribution in [0, 0.1) is 27.6 Å². The smallest absolute Gasteiger partial charge is 0.328 e. The summed E-state index contributed by atoms with van der Waals surface area (Å²) in [6.45, 7) is 13.7. The molecule has 0 aromatic heterocycles. The number of hydrogen-bond acceptors (Lipinski definition) is 6. The van der Waals surface area contributed by atoms with Gasteiger partial charge in [0.1, 0.15) is 6.04 Å². The maximum absolute atomic E-state index is 13.6. The first-order valence-corrected chi connectivity index (χ1v) is 16.0. The average molecular weight is 593 g/mol. The second-order valence-corrected chi connectivity index (χ2v) is 15.6. The zero-order valence-electron chi connectivity index (χ0n) is 26.8. The number of nitrogens with one attached hydrogen (secondary N) is 1. The van der Waals surface area contributed by atoms with Crippen LogP contribution in [-0.4, -0.2) is 64.2 Å². The summed E-state index contributed by atoms with van der Waals surface area (Å²) in [4.78, 5) is 40.2. The van der Waals surface area contributed by atoms with Crippen LogP contribution in [0.1, 0.15) is 92.9 Å². The monoisotopic (exact) mass is 592 g/mol. The highest BCUT2D eigenvalue weighted by Crippen LogP contribution is 2.75. The number of allylic oxidation sites excluding steroid dienone is 7. The molecule has 8 atom stereocenters. The summed E-state index contributed by atoms with van der Waals surface area (Å²) < 4.78 is 4.93. The lowest BCUT2D eigenvalue weighted by Crippen LogP contribution is -2.65. The Labute approximate surface area is 255 Å². The lowest BCUT2D eigenvalue weighted by atomic mass is 9.35. The molecule has 1 saturated heterocycles. The van der Waals surface area contributed by atoms with Gasteiger partial charge in [-0.05, 0) is 98.2 Å². The Morgan fingerprint density at radius 1 is 1.02 bits per heavy atom. The summed E-state index contributed by atoms with van der Waals surface area (Å²) in [6.07, 6.45) is 12.3. The zero-order valence-corrected chi connectivity index (χ0v) is 26.8. The van der Waals surface area contributed by atoms with Crippen molar-refractivity contribution in [3.05, 3.63) is 46.3 Å². The number of fused-ring (bicyclic) bond motifs is 7. The van der Waals surface area contributed by atoms with Gasteiger partial charge in [-0.25, -0.2) is 9.59 Å². The van der Waals surface area contributed by atoms with Gasteiger partial charge in [-0.3, -0.25) is 4.79 Å². The summed E-state index contributed by atoms with van der Waals surface area (Å²) in [5.74, 6) is -0.606. The van der Waals surface area contributed by atoms with Crippen LogP contribution in [-0.2, 0) is 14.3 Å². The number of urea groups is 1. The molecule has 3 saturated carbocycles. The van der Waals surface area contributed by atoms with Gasteiger partial charge in [0.2, 0.25) is 5.78 Å². The van der Waals surface area contributed by atoms with Crippen LogP contribution in [0.4, 0.5) is 4.79 Å². The van der Waals surface area contributed by atoms with Crippen molar-refractivity contribution in [2.24, 2.45) is 27.6 Å². The highest BCUT2D eigenvalue weighted by Gasteiger charge is 2.67. The fourth-order valence-electron chi connectivity index (χ4n) is 10.3. The van der Waals surface area contributed by atoms with Crippen molar-refractivity contribution >= 4 is 17.8 Å². The highest BCUT2D eigenvalue weighted by atomic mass is 16.5. The van der Waals surface area contributed by atoms with Crippen LogP contribution in [0.25, 0.3) is 0 Å². The molecular weight excluding hydrogens is 544 g/mol. The third-order valence-electron chi connectivity index (χ3n) is 13.3. The summed E-state index contributed by atoms with van der Waals surface area (Å²) in [5.41, 5.74) is 3.32. The molecule has 6 rings (SSSR count). The van der Waals surface area contributed by atoms with Gasteiger partial charge in [0.05, 0.1) is 13.2 Å². The van der Waals surface area contributed by atoms with Crippen LogP contribution < -0.4 is 5.32 Å². The van der Waals surface area contributed by atoms with E-state index in [9.17, 15) is 24.6 Å². The molecule has 8 heteroatoms. The number of nitrogens with zero attached hydrogens (tertiary/aromatic N) is 1. The second-order valence-electron chi connectivity index (χ2n) is 15.6. The van der Waals surface area contributed by atoms with Crippen molar-refractivity contribution in [2.45, 2.75) is 111 Å². The second kappa shape index (κ2) is 9.56. The third-order valence-corrected chi connectivity index (χ3v) is 13.3. The molecule has 234 valence electrons. The molecule has 0 bridgehead atoms. The third kappa shape index (κ3) is 4.14. The van der Waals surface area contributed by atoms with E-state index in [2.05, 4.69) is 52.1 Å². The van der Waals surface area contributed by atoms with Crippen LogP contribution in [0.5, 0.6) is 0 Å². The molecule has 0 aromatic rings. The Morgan fingerprint density at radius 3 is 2.42 bits per heavy atom. The van der Waals surface area contributed by atoms with Crippen molar-refractivity contribution in [1.29, 1.82) is 0 Å². The Kier molecular flexibility index (Phi) is 6.71. The molecule has 5 aliphatic carbocycles. The number of methoxy groups -OCH3 is 1. The van der Waals surface area contributed by atoms with E-state index in [4.69, 9.17) is 4.74 Å². The van der Waals surface area contributed by atoms with Crippen molar-refractivity contribution in [3.63, 3.8) is 0 Å². The SMILES string of the molecule is COC(=O)[C@@H]1C[C@@H](O)CN1C(=O)N[C@]1(C)CC[C@]2(C)CC[C@]3(C)C4=CC=C5C(=CC(=O)C(O)=C5C)[C@]4(C)CC[C@@]3(C)[C@@H]2C1. The minimum Gasteiger partial charge on any atom is -0.504 e. The number of carbonyl (C=O) groups is 3. The normalized spacial score (nSPS) is 43.8. The van der Waals surface area contributed by atoms with Gasteiger partial charge in [0.25, 0.3) is 0 Å². The molecule has 43 heavy (non-hydrogen) atoms. The van der Waals surface area contributed by atoms with Gasteiger partial charge < -0.3 is 25.2 Å². The summed E-state index contributed by atoms with van der Waals surface area (Å²) in [7, 11) is 1.31. The van der Waals surface area contributed by atoms with Gasteiger partial charge >= 0.3 is 12.0 Å². The Hall–Kier alpha value is -2.87. The van der Waals surface area contributed by atoms with Gasteiger partial charge in [-0.2, -0.15) is 0 Å². The fourth-order valence-corrected chi connectivity index (χ4v) is 10.3. The Balaban J connectivity index is 1.32. The summed E-state index contributed by atoms with van der Waals surface area (Å²) >= 11 is 0. The van der Waals surface area contributed by atoms with Crippen LogP contribution in [0.3, 0.4) is 0 Å². The molecule has 1 aliphatic heterocycles. The number of hydrogen-bond donors (Lipinski definition) is 3.